The topological polar surface area (TPSA) is 85.1 Å². The molecule has 0 unspecified atom stereocenters. The Morgan fingerprint density at radius 2 is 1.92 bits per heavy atom. The molecule has 126 valence electrons. The van der Waals surface area contributed by atoms with Crippen molar-refractivity contribution in [1.82, 2.24) is 10.3 Å². The van der Waals surface area contributed by atoms with E-state index in [1.807, 2.05) is 48.5 Å². The van der Waals surface area contributed by atoms with Crippen LogP contribution in [0.5, 0.6) is 0 Å². The lowest BCUT2D eigenvalue weighted by atomic mass is 10.0. The molecule has 2 amide bonds. The Morgan fingerprint density at radius 3 is 2.68 bits per heavy atom. The number of primary amides is 1. The van der Waals surface area contributed by atoms with Crippen molar-refractivity contribution in [1.29, 1.82) is 0 Å². The standard InChI is InChI=1S/C19H16IN3O2/c20-13-5-3-4-12(10-13)11-17(18(21)24)23-19(25)15-8-9-22-16-7-2-1-6-14(15)16/h1-10,17H,11H2,(H2,21,24)(H,23,25)/t17-/m0/s1. The van der Waals surface area contributed by atoms with Gasteiger partial charge in [0.1, 0.15) is 6.04 Å². The average molecular weight is 445 g/mol. The van der Waals surface area contributed by atoms with Gasteiger partial charge in [0.2, 0.25) is 5.91 Å². The quantitative estimate of drug-likeness (QED) is 0.593. The van der Waals surface area contributed by atoms with Gasteiger partial charge in [-0.25, -0.2) is 0 Å². The summed E-state index contributed by atoms with van der Waals surface area (Å²) in [5, 5.41) is 3.49. The van der Waals surface area contributed by atoms with Crippen molar-refractivity contribution in [2.75, 3.05) is 0 Å². The molecule has 1 atom stereocenters. The molecule has 6 heteroatoms. The molecule has 25 heavy (non-hydrogen) atoms. The highest BCUT2D eigenvalue weighted by molar-refractivity contribution is 14.1. The zero-order valence-corrected chi connectivity index (χ0v) is 15.4. The zero-order chi connectivity index (χ0) is 17.8. The molecule has 0 fully saturated rings. The fourth-order valence-electron chi connectivity index (χ4n) is 2.65. The number of nitrogens with zero attached hydrogens (tertiary/aromatic N) is 1. The van der Waals surface area contributed by atoms with E-state index in [1.165, 1.54) is 0 Å². The fraction of sp³-hybridized carbons (Fsp3) is 0.105. The molecule has 0 aliphatic carbocycles. The molecular formula is C19H16IN3O2. The number of hydrogen-bond acceptors (Lipinski definition) is 3. The summed E-state index contributed by atoms with van der Waals surface area (Å²) in [4.78, 5) is 28.7. The van der Waals surface area contributed by atoms with E-state index < -0.39 is 11.9 Å². The number of benzene rings is 2. The maximum absolute atomic E-state index is 12.7. The van der Waals surface area contributed by atoms with E-state index in [1.54, 1.807) is 12.3 Å². The first-order valence-electron chi connectivity index (χ1n) is 7.73. The smallest absolute Gasteiger partial charge is 0.252 e. The molecule has 0 saturated carbocycles. The van der Waals surface area contributed by atoms with Crippen molar-refractivity contribution in [2.24, 2.45) is 5.73 Å². The molecule has 5 nitrogen and oxygen atoms in total. The predicted molar refractivity (Wildman–Crippen MR) is 105 cm³/mol. The van der Waals surface area contributed by atoms with E-state index in [9.17, 15) is 9.59 Å². The third kappa shape index (κ3) is 4.14. The SMILES string of the molecule is NC(=O)[C@H](Cc1cccc(I)c1)NC(=O)c1ccnc2ccccc12. The van der Waals surface area contributed by atoms with E-state index in [0.29, 0.717) is 12.0 Å². The van der Waals surface area contributed by atoms with E-state index in [2.05, 4.69) is 32.9 Å². The predicted octanol–water partition coefficient (Wildman–Crippen LogP) is 2.67. The Morgan fingerprint density at radius 1 is 1.12 bits per heavy atom. The average Bonchev–Trinajstić information content (AvgIpc) is 2.60. The number of halogens is 1. The Kier molecular flexibility index (Phi) is 5.28. The second-order valence-corrected chi connectivity index (χ2v) is 6.88. The Hall–Kier alpha value is -2.48. The summed E-state index contributed by atoms with van der Waals surface area (Å²) >= 11 is 2.20. The van der Waals surface area contributed by atoms with Crippen LogP contribution in [0.4, 0.5) is 0 Å². The lowest BCUT2D eigenvalue weighted by Crippen LogP contribution is -2.45. The van der Waals surface area contributed by atoms with Crippen molar-refractivity contribution in [3.63, 3.8) is 0 Å². The minimum atomic E-state index is -0.780. The highest BCUT2D eigenvalue weighted by Crippen LogP contribution is 2.16. The second kappa shape index (κ2) is 7.60. The molecule has 0 saturated heterocycles. The molecule has 0 spiro atoms. The number of carbonyl (C=O) groups excluding carboxylic acids is 2. The summed E-state index contributed by atoms with van der Waals surface area (Å²) < 4.78 is 1.06. The van der Waals surface area contributed by atoms with Crippen LogP contribution in [0.1, 0.15) is 15.9 Å². The normalized spacial score (nSPS) is 11.9. The number of carbonyl (C=O) groups is 2. The second-order valence-electron chi connectivity index (χ2n) is 5.64. The summed E-state index contributed by atoms with van der Waals surface area (Å²) in [5.74, 6) is -0.904. The van der Waals surface area contributed by atoms with Gasteiger partial charge in [0.25, 0.3) is 5.91 Å². The molecule has 3 N–H and O–H groups in total. The van der Waals surface area contributed by atoms with Crippen LogP contribution >= 0.6 is 22.6 Å². The van der Waals surface area contributed by atoms with E-state index in [4.69, 9.17) is 5.73 Å². The summed E-state index contributed by atoms with van der Waals surface area (Å²) in [7, 11) is 0. The van der Waals surface area contributed by atoms with Gasteiger partial charge in [-0.15, -0.1) is 0 Å². The number of fused-ring (bicyclic) bond motifs is 1. The van der Waals surface area contributed by atoms with Crippen LogP contribution in [0.3, 0.4) is 0 Å². The molecule has 0 aliphatic heterocycles. The monoisotopic (exact) mass is 445 g/mol. The fourth-order valence-corrected chi connectivity index (χ4v) is 3.26. The number of rotatable bonds is 5. The number of nitrogens with one attached hydrogen (secondary N) is 1. The van der Waals surface area contributed by atoms with E-state index >= 15 is 0 Å². The summed E-state index contributed by atoms with van der Waals surface area (Å²) in [6, 6.07) is 16.0. The lowest BCUT2D eigenvalue weighted by molar-refractivity contribution is -0.119. The van der Waals surface area contributed by atoms with E-state index in [-0.39, 0.29) is 5.91 Å². The van der Waals surface area contributed by atoms with Crippen LogP contribution in [-0.4, -0.2) is 22.8 Å². The number of pyridine rings is 1. The molecule has 1 heterocycles. The van der Waals surface area contributed by atoms with Crippen molar-refractivity contribution in [2.45, 2.75) is 12.5 Å². The third-order valence-electron chi connectivity index (χ3n) is 3.87. The van der Waals surface area contributed by atoms with Crippen molar-refractivity contribution >= 4 is 45.3 Å². The lowest BCUT2D eigenvalue weighted by Gasteiger charge is -2.16. The largest absolute Gasteiger partial charge is 0.368 e. The van der Waals surface area contributed by atoms with Crippen LogP contribution in [0.15, 0.2) is 60.8 Å². The van der Waals surface area contributed by atoms with Crippen LogP contribution in [-0.2, 0) is 11.2 Å². The number of hydrogen-bond donors (Lipinski definition) is 2. The Labute approximate surface area is 158 Å². The number of nitrogens with two attached hydrogens (primary N) is 1. The van der Waals surface area contributed by atoms with Gasteiger partial charge < -0.3 is 11.1 Å². The highest BCUT2D eigenvalue weighted by Gasteiger charge is 2.20. The summed E-state index contributed by atoms with van der Waals surface area (Å²) in [6.07, 6.45) is 1.93. The van der Waals surface area contributed by atoms with Crippen molar-refractivity contribution < 1.29 is 9.59 Å². The highest BCUT2D eigenvalue weighted by atomic mass is 127. The van der Waals surface area contributed by atoms with Gasteiger partial charge in [0.05, 0.1) is 11.1 Å². The minimum Gasteiger partial charge on any atom is -0.368 e. The molecule has 2 aromatic carbocycles. The number of para-hydroxylation sites is 1. The van der Waals surface area contributed by atoms with Crippen molar-refractivity contribution in [3.8, 4) is 0 Å². The van der Waals surface area contributed by atoms with Crippen molar-refractivity contribution in [3.05, 3.63) is 75.5 Å². The molecule has 1 aromatic heterocycles. The first-order chi connectivity index (χ1) is 12.0. The van der Waals surface area contributed by atoms with Gasteiger partial charge in [-0.2, -0.15) is 0 Å². The first-order valence-corrected chi connectivity index (χ1v) is 8.81. The summed E-state index contributed by atoms with van der Waals surface area (Å²) in [5.41, 5.74) is 7.63. The molecule has 0 aliphatic rings. The van der Waals surface area contributed by atoms with Gasteiger partial charge >= 0.3 is 0 Å². The van der Waals surface area contributed by atoms with Crippen LogP contribution in [0.2, 0.25) is 0 Å². The molecular weight excluding hydrogens is 429 g/mol. The zero-order valence-electron chi connectivity index (χ0n) is 13.3. The van der Waals surface area contributed by atoms with E-state index in [0.717, 1.165) is 20.0 Å². The Bertz CT molecular complexity index is 937. The number of amides is 2. The van der Waals surface area contributed by atoms with Gasteiger partial charge in [0, 0.05) is 21.6 Å². The van der Waals surface area contributed by atoms with Crippen LogP contribution < -0.4 is 11.1 Å². The van der Waals surface area contributed by atoms with Crippen LogP contribution in [0.25, 0.3) is 10.9 Å². The maximum Gasteiger partial charge on any atom is 0.252 e. The molecule has 0 radical (unpaired) electrons. The molecule has 3 aromatic rings. The Balaban J connectivity index is 1.84. The minimum absolute atomic E-state index is 0.340. The molecule has 3 rings (SSSR count). The third-order valence-corrected chi connectivity index (χ3v) is 4.54. The maximum atomic E-state index is 12.7. The van der Waals surface area contributed by atoms with Gasteiger partial charge in [-0.05, 0) is 52.4 Å². The van der Waals surface area contributed by atoms with Crippen LogP contribution in [0, 0.1) is 3.57 Å². The molecule has 0 bridgehead atoms. The number of aromatic nitrogens is 1. The van der Waals surface area contributed by atoms with Gasteiger partial charge in [-0.3, -0.25) is 14.6 Å². The van der Waals surface area contributed by atoms with Gasteiger partial charge in [-0.1, -0.05) is 30.3 Å². The first kappa shape index (κ1) is 17.3. The van der Waals surface area contributed by atoms with Gasteiger partial charge in [0.15, 0.2) is 0 Å². The summed E-state index contributed by atoms with van der Waals surface area (Å²) in [6.45, 7) is 0.